The maximum atomic E-state index is 10.7. The third kappa shape index (κ3) is 1.30. The highest BCUT2D eigenvalue weighted by Crippen LogP contribution is 1.99. The molecule has 12 nitrogen and oxygen atoms in total. The summed E-state index contributed by atoms with van der Waals surface area (Å²) in [6.45, 7) is 0. The van der Waals surface area contributed by atoms with E-state index >= 15 is 0 Å². The van der Waals surface area contributed by atoms with E-state index in [-0.39, 0.29) is 21.6 Å². The van der Waals surface area contributed by atoms with Crippen LogP contribution in [-0.4, -0.2) is 40.7 Å². The molecule has 2 aromatic heterocycles. The molecule has 0 spiro atoms. The summed E-state index contributed by atoms with van der Waals surface area (Å²) in [5.41, 5.74) is 4.47. The van der Waals surface area contributed by atoms with E-state index in [1.54, 1.807) is 0 Å². The van der Waals surface area contributed by atoms with E-state index in [0.717, 1.165) is 0 Å². The molecule has 0 unspecified atom stereocenters. The van der Waals surface area contributed by atoms with Crippen molar-refractivity contribution in [3.05, 3.63) is 10.4 Å². The number of nitrogens with one attached hydrogen (secondary N) is 2. The van der Waals surface area contributed by atoms with Crippen molar-refractivity contribution >= 4 is 11.9 Å². The van der Waals surface area contributed by atoms with Gasteiger partial charge >= 0.3 is 0 Å². The highest BCUT2D eigenvalue weighted by molar-refractivity contribution is 5.34. The minimum atomic E-state index is -0.229. The van der Waals surface area contributed by atoms with E-state index in [0.29, 0.717) is 0 Å². The number of hydrazine groups is 1. The molecular formula is C2H2N10O2-2. The van der Waals surface area contributed by atoms with Gasteiger partial charge in [-0.05, 0) is 20.9 Å². The second-order valence-electron chi connectivity index (χ2n) is 2.00. The van der Waals surface area contributed by atoms with Gasteiger partial charge in [-0.25, -0.2) is 9.69 Å². The van der Waals surface area contributed by atoms with Gasteiger partial charge in [0.15, 0.2) is 0 Å². The molecule has 2 aromatic rings. The molecule has 2 heterocycles. The first kappa shape index (κ1) is 7.96. The van der Waals surface area contributed by atoms with Crippen LogP contribution in [0.1, 0.15) is 0 Å². The van der Waals surface area contributed by atoms with Crippen molar-refractivity contribution in [1.29, 1.82) is 0 Å². The fourth-order valence-corrected chi connectivity index (χ4v) is 0.616. The molecule has 0 saturated carbocycles. The molecule has 0 aliphatic heterocycles. The molecule has 0 fully saturated rings. The SMILES string of the molecule is [O-]n1nnnc1NNc1nnnn1[O-]. The number of hydrogen-bond donors (Lipinski definition) is 2. The molecular weight excluding hydrogens is 196 g/mol. The second kappa shape index (κ2) is 3.00. The van der Waals surface area contributed by atoms with E-state index in [9.17, 15) is 10.4 Å². The number of nitrogens with zero attached hydrogens (tertiary/aromatic N) is 8. The molecule has 0 aliphatic carbocycles. The standard InChI is InChI=1S/C2H2N10O2/c13-11-1(5-7-9-11)3-4-2-6-8-10-12(2)14/h(H,3,5,9)(H,4,6,10)/q-2. The van der Waals surface area contributed by atoms with Gasteiger partial charge in [-0.1, -0.05) is 10.2 Å². The lowest BCUT2D eigenvalue weighted by Gasteiger charge is -2.11. The smallest absolute Gasteiger partial charge is 0.257 e. The number of anilines is 2. The van der Waals surface area contributed by atoms with Gasteiger partial charge in [0.2, 0.25) is 0 Å². The summed E-state index contributed by atoms with van der Waals surface area (Å²) in [6, 6.07) is 0. The van der Waals surface area contributed by atoms with Gasteiger partial charge in [-0.3, -0.25) is 10.9 Å². The number of rotatable bonds is 3. The van der Waals surface area contributed by atoms with E-state index in [1.165, 1.54) is 0 Å². The lowest BCUT2D eigenvalue weighted by Crippen LogP contribution is -2.15. The average Bonchev–Trinajstić information content (AvgIpc) is 2.72. The first-order valence-electron chi connectivity index (χ1n) is 3.21. The van der Waals surface area contributed by atoms with Crippen molar-refractivity contribution in [3.8, 4) is 0 Å². The first-order chi connectivity index (χ1) is 6.77. The Morgan fingerprint density at radius 1 is 0.857 bits per heavy atom. The van der Waals surface area contributed by atoms with Gasteiger partial charge in [0, 0.05) is 0 Å². The molecule has 12 heteroatoms. The average molecular weight is 198 g/mol. The largest absolute Gasteiger partial charge is 0.787 e. The summed E-state index contributed by atoms with van der Waals surface area (Å²) < 4.78 is 0. The maximum Gasteiger partial charge on any atom is 0.257 e. The van der Waals surface area contributed by atoms with Crippen LogP contribution in [0.2, 0.25) is 0 Å². The van der Waals surface area contributed by atoms with Gasteiger partial charge in [0.05, 0.1) is 0 Å². The van der Waals surface area contributed by atoms with E-state index in [4.69, 9.17) is 0 Å². The van der Waals surface area contributed by atoms with Crippen LogP contribution in [0.5, 0.6) is 0 Å². The Hall–Kier alpha value is -2.66. The molecule has 0 aromatic carbocycles. The molecule has 0 atom stereocenters. The van der Waals surface area contributed by atoms with Crippen LogP contribution in [0.15, 0.2) is 0 Å². The number of tetrazole rings is 2. The zero-order valence-electron chi connectivity index (χ0n) is 6.39. The molecule has 0 radical (unpaired) electrons. The molecule has 0 amide bonds. The van der Waals surface area contributed by atoms with Crippen molar-refractivity contribution in [2.45, 2.75) is 0 Å². The number of hydrogen-bond acceptors (Lipinski definition) is 10. The lowest BCUT2D eigenvalue weighted by molar-refractivity contribution is 0.790. The lowest BCUT2D eigenvalue weighted by atomic mass is 11.0. The van der Waals surface area contributed by atoms with Crippen molar-refractivity contribution in [2.24, 2.45) is 0 Å². The Kier molecular flexibility index (Phi) is 1.71. The molecule has 0 bridgehead atoms. The van der Waals surface area contributed by atoms with Crippen molar-refractivity contribution in [1.82, 2.24) is 40.7 Å². The topological polar surface area (TPSA) is 157 Å². The van der Waals surface area contributed by atoms with Crippen LogP contribution in [0, 0.1) is 10.4 Å². The van der Waals surface area contributed by atoms with Crippen LogP contribution < -0.4 is 10.9 Å². The highest BCUT2D eigenvalue weighted by atomic mass is 16.5. The highest BCUT2D eigenvalue weighted by Gasteiger charge is 2.00. The molecule has 0 saturated heterocycles. The molecule has 14 heavy (non-hydrogen) atoms. The molecule has 2 N–H and O–H groups in total. The van der Waals surface area contributed by atoms with Crippen molar-refractivity contribution in [3.63, 3.8) is 0 Å². The Balaban J connectivity index is 2.02. The summed E-state index contributed by atoms with van der Waals surface area (Å²) in [4.78, 5) is 0.234. The number of aromatic nitrogens is 8. The second-order valence-corrected chi connectivity index (χ2v) is 2.00. The van der Waals surface area contributed by atoms with Gasteiger partial charge in [-0.15, -0.1) is 0 Å². The third-order valence-electron chi connectivity index (χ3n) is 1.17. The van der Waals surface area contributed by atoms with E-state index < -0.39 is 0 Å². The van der Waals surface area contributed by atoms with Crippen LogP contribution in [-0.2, 0) is 0 Å². The van der Waals surface area contributed by atoms with Crippen LogP contribution in [0.4, 0.5) is 11.9 Å². The van der Waals surface area contributed by atoms with Gasteiger partial charge in [-0.2, -0.15) is 0 Å². The normalized spacial score (nSPS) is 10.0. The van der Waals surface area contributed by atoms with E-state index in [1.807, 2.05) is 0 Å². The fourth-order valence-electron chi connectivity index (χ4n) is 0.616. The van der Waals surface area contributed by atoms with Crippen LogP contribution in [0.25, 0.3) is 0 Å². The van der Waals surface area contributed by atoms with Crippen LogP contribution >= 0.6 is 0 Å². The fraction of sp³-hybridized carbons (Fsp3) is 0. The predicted octanol–water partition coefficient (Wildman–Crippen LogP) is -2.21. The minimum absolute atomic E-state index is 0.117. The summed E-state index contributed by atoms with van der Waals surface area (Å²) in [5.74, 6) is -0.457. The summed E-state index contributed by atoms with van der Waals surface area (Å²) in [6.07, 6.45) is 0. The Morgan fingerprint density at radius 2 is 1.29 bits per heavy atom. The van der Waals surface area contributed by atoms with Gasteiger partial charge < -0.3 is 10.4 Å². The minimum Gasteiger partial charge on any atom is -0.787 e. The summed E-state index contributed by atoms with van der Waals surface area (Å²) in [7, 11) is 0. The Bertz CT molecular complexity index is 377. The summed E-state index contributed by atoms with van der Waals surface area (Å²) in [5, 5.41) is 40.1. The quantitative estimate of drug-likeness (QED) is 0.517. The molecule has 2 rings (SSSR count). The zero-order valence-corrected chi connectivity index (χ0v) is 6.39. The Morgan fingerprint density at radius 3 is 1.57 bits per heavy atom. The van der Waals surface area contributed by atoms with Gasteiger partial charge in [0.1, 0.15) is 0 Å². The summed E-state index contributed by atoms with van der Waals surface area (Å²) >= 11 is 0. The monoisotopic (exact) mass is 198 g/mol. The van der Waals surface area contributed by atoms with Crippen molar-refractivity contribution in [2.75, 3.05) is 10.9 Å². The van der Waals surface area contributed by atoms with Crippen LogP contribution in [0.3, 0.4) is 0 Å². The van der Waals surface area contributed by atoms with Gasteiger partial charge in [0.25, 0.3) is 11.9 Å². The maximum absolute atomic E-state index is 10.7. The molecule has 74 valence electrons. The first-order valence-corrected chi connectivity index (χ1v) is 3.21. The molecule has 0 aliphatic rings. The Labute approximate surface area is 75.0 Å². The third-order valence-corrected chi connectivity index (χ3v) is 1.17. The van der Waals surface area contributed by atoms with Crippen molar-refractivity contribution < 1.29 is 0 Å². The predicted molar refractivity (Wildman–Crippen MR) is 40.4 cm³/mol. The van der Waals surface area contributed by atoms with E-state index in [2.05, 4.69) is 41.9 Å². The zero-order chi connectivity index (χ0) is 9.97.